The van der Waals surface area contributed by atoms with E-state index in [1.54, 1.807) is 0 Å². The Hall–Kier alpha value is -2.31. The van der Waals surface area contributed by atoms with E-state index in [0.717, 1.165) is 5.02 Å². The molecular weight excluding hydrogens is 288 g/mol. The first kappa shape index (κ1) is 14.6. The van der Waals surface area contributed by atoms with Crippen LogP contribution in [0.5, 0.6) is 0 Å². The molecule has 0 unspecified atom stereocenters. The minimum atomic E-state index is 0.758. The molecule has 3 aromatic rings. The molecule has 0 radical (unpaired) electrons. The lowest BCUT2D eigenvalue weighted by atomic mass is 9.90. The van der Waals surface area contributed by atoms with Crippen LogP contribution in [0.4, 0.5) is 0 Å². The second kappa shape index (κ2) is 6.64. The Bertz CT molecular complexity index is 769. The molecule has 0 nitrogen and oxygen atoms in total. The van der Waals surface area contributed by atoms with Crippen molar-refractivity contribution in [2.45, 2.75) is 6.92 Å². The lowest BCUT2D eigenvalue weighted by molar-refractivity contribution is 1.50. The van der Waals surface area contributed by atoms with Crippen LogP contribution in [0.15, 0.2) is 84.9 Å². The van der Waals surface area contributed by atoms with Crippen molar-refractivity contribution in [2.24, 2.45) is 0 Å². The molecule has 0 aliphatic carbocycles. The number of benzene rings is 3. The van der Waals surface area contributed by atoms with Crippen LogP contribution in [0.1, 0.15) is 23.6 Å². The van der Waals surface area contributed by atoms with Gasteiger partial charge in [-0.2, -0.15) is 0 Å². The Kier molecular flexibility index (Phi) is 4.41. The fourth-order valence-corrected chi connectivity index (χ4v) is 2.78. The average molecular weight is 305 g/mol. The van der Waals surface area contributed by atoms with E-state index in [4.69, 9.17) is 11.6 Å². The third-order valence-electron chi connectivity index (χ3n) is 3.78. The van der Waals surface area contributed by atoms with Gasteiger partial charge >= 0.3 is 0 Å². The third-order valence-corrected chi connectivity index (χ3v) is 4.03. The largest absolute Gasteiger partial charge is 0.0843 e. The third kappa shape index (κ3) is 3.13. The number of hydrogen-bond acceptors (Lipinski definition) is 0. The lowest BCUT2D eigenvalue weighted by Gasteiger charge is -2.14. The number of halogens is 1. The normalized spacial score (nSPS) is 11.9. The van der Waals surface area contributed by atoms with E-state index in [9.17, 15) is 0 Å². The molecule has 0 spiro atoms. The predicted octanol–water partition coefficient (Wildman–Crippen LogP) is 6.32. The minimum Gasteiger partial charge on any atom is -0.0843 e. The van der Waals surface area contributed by atoms with Crippen molar-refractivity contribution in [1.82, 2.24) is 0 Å². The summed E-state index contributed by atoms with van der Waals surface area (Å²) >= 11 is 6.04. The van der Waals surface area contributed by atoms with Crippen molar-refractivity contribution in [3.63, 3.8) is 0 Å². The fraction of sp³-hybridized carbons (Fsp3) is 0.0476. The molecule has 22 heavy (non-hydrogen) atoms. The maximum atomic E-state index is 6.04. The molecule has 0 aromatic heterocycles. The van der Waals surface area contributed by atoms with Crippen LogP contribution >= 0.6 is 11.6 Å². The summed E-state index contributed by atoms with van der Waals surface area (Å²) in [5.74, 6) is 0. The SMILES string of the molecule is CC(=C(c1ccccc1)c1ccc(Cl)cc1)c1ccccc1. The van der Waals surface area contributed by atoms with E-state index in [1.165, 1.54) is 27.8 Å². The fourth-order valence-electron chi connectivity index (χ4n) is 2.65. The highest BCUT2D eigenvalue weighted by atomic mass is 35.5. The summed E-state index contributed by atoms with van der Waals surface area (Å²) in [5.41, 5.74) is 6.12. The van der Waals surface area contributed by atoms with Crippen LogP contribution in [0, 0.1) is 0 Å². The summed E-state index contributed by atoms with van der Waals surface area (Å²) in [5, 5.41) is 0.758. The van der Waals surface area contributed by atoms with Crippen molar-refractivity contribution in [2.75, 3.05) is 0 Å². The first-order valence-electron chi connectivity index (χ1n) is 7.33. The van der Waals surface area contributed by atoms with E-state index < -0.39 is 0 Å². The molecule has 0 amide bonds. The molecule has 3 aromatic carbocycles. The maximum Gasteiger partial charge on any atom is 0.0406 e. The van der Waals surface area contributed by atoms with Gasteiger partial charge in [0.1, 0.15) is 0 Å². The molecule has 0 bridgehead atoms. The predicted molar refractivity (Wildman–Crippen MR) is 95.9 cm³/mol. The number of rotatable bonds is 3. The van der Waals surface area contributed by atoms with Crippen molar-refractivity contribution in [3.05, 3.63) is 107 Å². The smallest absolute Gasteiger partial charge is 0.0406 e. The maximum absolute atomic E-state index is 6.04. The second-order valence-electron chi connectivity index (χ2n) is 5.24. The standard InChI is InChI=1S/C21H17Cl/c1-16(17-8-4-2-5-9-17)21(18-10-6-3-7-11-18)19-12-14-20(22)15-13-19/h2-15H,1H3. The van der Waals surface area contributed by atoms with Crippen LogP contribution in [0.3, 0.4) is 0 Å². The summed E-state index contributed by atoms with van der Waals surface area (Å²) in [4.78, 5) is 0. The van der Waals surface area contributed by atoms with E-state index in [-0.39, 0.29) is 0 Å². The summed E-state index contributed by atoms with van der Waals surface area (Å²) < 4.78 is 0. The molecule has 0 aliphatic rings. The highest BCUT2D eigenvalue weighted by Crippen LogP contribution is 2.32. The van der Waals surface area contributed by atoms with Gasteiger partial charge in [-0.05, 0) is 46.9 Å². The molecule has 0 saturated heterocycles. The van der Waals surface area contributed by atoms with Crippen molar-refractivity contribution in [3.8, 4) is 0 Å². The van der Waals surface area contributed by atoms with Crippen LogP contribution < -0.4 is 0 Å². The van der Waals surface area contributed by atoms with Gasteiger partial charge in [-0.3, -0.25) is 0 Å². The van der Waals surface area contributed by atoms with Crippen LogP contribution in [-0.2, 0) is 0 Å². The van der Waals surface area contributed by atoms with Gasteiger partial charge in [0.25, 0.3) is 0 Å². The van der Waals surface area contributed by atoms with Crippen molar-refractivity contribution < 1.29 is 0 Å². The molecular formula is C21H17Cl. The monoisotopic (exact) mass is 304 g/mol. The van der Waals surface area contributed by atoms with E-state index in [1.807, 2.05) is 24.3 Å². The quantitative estimate of drug-likeness (QED) is 0.497. The second-order valence-corrected chi connectivity index (χ2v) is 5.68. The Labute approximate surface area is 136 Å². The molecule has 0 fully saturated rings. The molecule has 0 saturated carbocycles. The Morgan fingerprint density at radius 3 is 1.59 bits per heavy atom. The molecule has 0 heterocycles. The topological polar surface area (TPSA) is 0 Å². The van der Waals surface area contributed by atoms with Gasteiger partial charge in [0.2, 0.25) is 0 Å². The summed E-state index contributed by atoms with van der Waals surface area (Å²) in [7, 11) is 0. The Morgan fingerprint density at radius 2 is 1.05 bits per heavy atom. The van der Waals surface area contributed by atoms with E-state index in [2.05, 4.69) is 67.6 Å². The lowest BCUT2D eigenvalue weighted by Crippen LogP contribution is -1.92. The van der Waals surface area contributed by atoms with Crippen LogP contribution in [0.25, 0.3) is 11.1 Å². The Morgan fingerprint density at radius 1 is 0.591 bits per heavy atom. The summed E-state index contributed by atoms with van der Waals surface area (Å²) in [6.45, 7) is 2.17. The number of hydrogen-bond donors (Lipinski definition) is 0. The summed E-state index contributed by atoms with van der Waals surface area (Å²) in [6, 6.07) is 29.0. The molecule has 3 rings (SSSR count). The highest BCUT2D eigenvalue weighted by Gasteiger charge is 2.10. The highest BCUT2D eigenvalue weighted by molar-refractivity contribution is 6.30. The minimum absolute atomic E-state index is 0.758. The van der Waals surface area contributed by atoms with Gasteiger partial charge in [-0.25, -0.2) is 0 Å². The van der Waals surface area contributed by atoms with E-state index in [0.29, 0.717) is 0 Å². The molecule has 1 heteroatoms. The van der Waals surface area contributed by atoms with Gasteiger partial charge in [0.15, 0.2) is 0 Å². The van der Waals surface area contributed by atoms with E-state index >= 15 is 0 Å². The summed E-state index contributed by atoms with van der Waals surface area (Å²) in [6.07, 6.45) is 0. The zero-order valence-electron chi connectivity index (χ0n) is 12.5. The Balaban J connectivity index is 2.21. The van der Waals surface area contributed by atoms with Gasteiger partial charge in [0.05, 0.1) is 0 Å². The van der Waals surface area contributed by atoms with Gasteiger partial charge in [0, 0.05) is 5.02 Å². The molecule has 108 valence electrons. The zero-order valence-corrected chi connectivity index (χ0v) is 13.2. The van der Waals surface area contributed by atoms with Gasteiger partial charge in [-0.1, -0.05) is 84.4 Å². The van der Waals surface area contributed by atoms with Crippen LogP contribution in [0.2, 0.25) is 5.02 Å². The first-order chi connectivity index (χ1) is 10.8. The number of allylic oxidation sites excluding steroid dienone is 1. The van der Waals surface area contributed by atoms with Crippen molar-refractivity contribution >= 4 is 22.7 Å². The molecule has 0 atom stereocenters. The first-order valence-corrected chi connectivity index (χ1v) is 7.71. The zero-order chi connectivity index (χ0) is 15.4. The molecule has 0 N–H and O–H groups in total. The van der Waals surface area contributed by atoms with Gasteiger partial charge < -0.3 is 0 Å². The molecule has 0 aliphatic heterocycles. The van der Waals surface area contributed by atoms with Crippen LogP contribution in [-0.4, -0.2) is 0 Å². The van der Waals surface area contributed by atoms with Crippen molar-refractivity contribution in [1.29, 1.82) is 0 Å². The average Bonchev–Trinajstić information content (AvgIpc) is 2.58. The van der Waals surface area contributed by atoms with Gasteiger partial charge in [-0.15, -0.1) is 0 Å².